The van der Waals surface area contributed by atoms with Crippen LogP contribution in [0.2, 0.25) is 0 Å². The van der Waals surface area contributed by atoms with Crippen molar-refractivity contribution in [3.63, 3.8) is 0 Å². The fourth-order valence-corrected chi connectivity index (χ4v) is 2.32. The van der Waals surface area contributed by atoms with Crippen LogP contribution >= 0.6 is 0 Å². The first-order valence-corrected chi connectivity index (χ1v) is 6.89. The summed E-state index contributed by atoms with van der Waals surface area (Å²) < 4.78 is 13.0. The van der Waals surface area contributed by atoms with Crippen LogP contribution in [0.4, 0.5) is 4.39 Å². The number of hydrogen-bond donors (Lipinski definition) is 1. The summed E-state index contributed by atoms with van der Waals surface area (Å²) >= 11 is 0. The van der Waals surface area contributed by atoms with Crippen molar-refractivity contribution in [2.75, 3.05) is 7.05 Å². The molecule has 0 aliphatic rings. The average molecular weight is 298 g/mol. The van der Waals surface area contributed by atoms with Crippen LogP contribution in [-0.4, -0.2) is 33.3 Å². The maximum absolute atomic E-state index is 13.0. The van der Waals surface area contributed by atoms with Crippen molar-refractivity contribution >= 4 is 16.9 Å². The largest absolute Gasteiger partial charge is 0.335 e. The fraction of sp³-hybridized carbons (Fsp3) is 0.188. The van der Waals surface area contributed by atoms with E-state index in [1.165, 1.54) is 12.1 Å². The van der Waals surface area contributed by atoms with Crippen LogP contribution < -0.4 is 0 Å². The number of rotatable bonds is 3. The number of hydrogen-bond acceptors (Lipinski definition) is 3. The number of H-pyrrole nitrogens is 1. The van der Waals surface area contributed by atoms with Gasteiger partial charge in [-0.3, -0.25) is 4.79 Å². The third-order valence-electron chi connectivity index (χ3n) is 3.82. The van der Waals surface area contributed by atoms with Gasteiger partial charge in [0.25, 0.3) is 5.91 Å². The Kier molecular flexibility index (Phi) is 3.58. The van der Waals surface area contributed by atoms with Gasteiger partial charge in [0.15, 0.2) is 0 Å². The number of carbonyl (C=O) groups is 1. The SMILES string of the molecule is CC(c1ccc(F)cc1)N(C)C(=O)c1ccc2n[nH]nc2c1. The standard InChI is InChI=1S/C16H15FN4O/c1-10(11-3-6-13(17)7-4-11)21(2)16(22)12-5-8-14-15(9-12)19-20-18-14/h3-10H,1-2H3,(H,18,19,20). The highest BCUT2D eigenvalue weighted by atomic mass is 19.1. The summed E-state index contributed by atoms with van der Waals surface area (Å²) in [5.74, 6) is -0.414. The minimum absolute atomic E-state index is 0.123. The molecule has 3 rings (SSSR count). The molecule has 1 N–H and O–H groups in total. The second-order valence-corrected chi connectivity index (χ2v) is 5.17. The molecule has 0 radical (unpaired) electrons. The van der Waals surface area contributed by atoms with Gasteiger partial charge in [-0.15, -0.1) is 0 Å². The zero-order valence-corrected chi connectivity index (χ0v) is 12.2. The minimum Gasteiger partial charge on any atom is -0.335 e. The van der Waals surface area contributed by atoms with E-state index in [2.05, 4.69) is 15.4 Å². The van der Waals surface area contributed by atoms with Crippen LogP contribution in [0, 0.1) is 5.82 Å². The summed E-state index contributed by atoms with van der Waals surface area (Å²) in [4.78, 5) is 14.2. The lowest BCUT2D eigenvalue weighted by atomic mass is 10.1. The van der Waals surface area contributed by atoms with Crippen molar-refractivity contribution in [2.45, 2.75) is 13.0 Å². The maximum Gasteiger partial charge on any atom is 0.254 e. The number of aromatic nitrogens is 3. The van der Waals surface area contributed by atoms with Gasteiger partial charge in [-0.25, -0.2) is 4.39 Å². The van der Waals surface area contributed by atoms with Gasteiger partial charge in [0.1, 0.15) is 16.9 Å². The molecule has 1 unspecified atom stereocenters. The van der Waals surface area contributed by atoms with E-state index in [0.717, 1.165) is 5.56 Å². The first-order chi connectivity index (χ1) is 10.6. The topological polar surface area (TPSA) is 61.9 Å². The van der Waals surface area contributed by atoms with Gasteiger partial charge >= 0.3 is 0 Å². The summed E-state index contributed by atoms with van der Waals surface area (Å²) in [7, 11) is 1.73. The van der Waals surface area contributed by atoms with Crippen molar-refractivity contribution in [1.29, 1.82) is 0 Å². The molecule has 0 saturated carbocycles. The number of halogens is 1. The molecular weight excluding hydrogens is 283 g/mol. The van der Waals surface area contributed by atoms with Gasteiger partial charge in [0.05, 0.1) is 6.04 Å². The van der Waals surface area contributed by atoms with Gasteiger partial charge in [-0.1, -0.05) is 12.1 Å². The summed E-state index contributed by atoms with van der Waals surface area (Å²) in [6.07, 6.45) is 0. The molecule has 5 nitrogen and oxygen atoms in total. The van der Waals surface area contributed by atoms with E-state index in [1.807, 2.05) is 6.92 Å². The van der Waals surface area contributed by atoms with E-state index in [1.54, 1.807) is 42.3 Å². The van der Waals surface area contributed by atoms with Crippen molar-refractivity contribution in [1.82, 2.24) is 20.3 Å². The first kappa shape index (κ1) is 14.2. The van der Waals surface area contributed by atoms with Crippen LogP contribution in [0.5, 0.6) is 0 Å². The Morgan fingerprint density at radius 1 is 1.14 bits per heavy atom. The van der Waals surface area contributed by atoms with Crippen LogP contribution in [0.15, 0.2) is 42.5 Å². The number of aromatic amines is 1. The highest BCUT2D eigenvalue weighted by molar-refractivity contribution is 5.97. The number of fused-ring (bicyclic) bond motifs is 1. The molecule has 1 aromatic heterocycles. The Hall–Kier alpha value is -2.76. The average Bonchev–Trinajstić information content (AvgIpc) is 3.01. The van der Waals surface area contributed by atoms with Crippen LogP contribution in [0.1, 0.15) is 28.9 Å². The highest BCUT2D eigenvalue weighted by Gasteiger charge is 2.19. The van der Waals surface area contributed by atoms with E-state index < -0.39 is 0 Å². The Morgan fingerprint density at radius 2 is 1.82 bits per heavy atom. The monoisotopic (exact) mass is 298 g/mol. The van der Waals surface area contributed by atoms with E-state index in [9.17, 15) is 9.18 Å². The van der Waals surface area contributed by atoms with Crippen molar-refractivity contribution in [2.24, 2.45) is 0 Å². The quantitative estimate of drug-likeness (QED) is 0.808. The highest BCUT2D eigenvalue weighted by Crippen LogP contribution is 2.22. The number of amides is 1. The van der Waals surface area contributed by atoms with E-state index in [-0.39, 0.29) is 17.8 Å². The predicted molar refractivity (Wildman–Crippen MR) is 80.8 cm³/mol. The molecule has 112 valence electrons. The summed E-state index contributed by atoms with van der Waals surface area (Å²) in [6.45, 7) is 1.90. The number of carbonyl (C=O) groups excluding carboxylic acids is 1. The van der Waals surface area contributed by atoms with Crippen molar-refractivity contribution in [3.8, 4) is 0 Å². The Bertz CT molecular complexity index is 812. The minimum atomic E-state index is -0.290. The smallest absolute Gasteiger partial charge is 0.254 e. The Labute approximate surface area is 126 Å². The molecule has 22 heavy (non-hydrogen) atoms. The lowest BCUT2D eigenvalue weighted by molar-refractivity contribution is 0.0743. The third kappa shape index (κ3) is 2.55. The van der Waals surface area contributed by atoms with Gasteiger partial charge in [-0.05, 0) is 42.8 Å². The van der Waals surface area contributed by atoms with Crippen molar-refractivity contribution < 1.29 is 9.18 Å². The maximum atomic E-state index is 13.0. The van der Waals surface area contributed by atoms with Crippen molar-refractivity contribution in [3.05, 3.63) is 59.4 Å². The Morgan fingerprint density at radius 3 is 2.55 bits per heavy atom. The van der Waals surface area contributed by atoms with Gasteiger partial charge < -0.3 is 4.90 Å². The van der Waals surface area contributed by atoms with Crippen LogP contribution in [-0.2, 0) is 0 Å². The molecule has 0 aliphatic carbocycles. The molecule has 0 bridgehead atoms. The van der Waals surface area contributed by atoms with Gasteiger partial charge in [-0.2, -0.15) is 15.4 Å². The zero-order valence-electron chi connectivity index (χ0n) is 12.2. The van der Waals surface area contributed by atoms with Gasteiger partial charge in [0.2, 0.25) is 0 Å². The van der Waals surface area contributed by atoms with E-state index in [4.69, 9.17) is 0 Å². The normalized spacial score (nSPS) is 12.3. The zero-order chi connectivity index (χ0) is 15.7. The van der Waals surface area contributed by atoms with Gasteiger partial charge in [0, 0.05) is 12.6 Å². The number of nitrogens with zero attached hydrogens (tertiary/aromatic N) is 3. The van der Waals surface area contributed by atoms with Crippen LogP contribution in [0.3, 0.4) is 0 Å². The predicted octanol–water partition coefficient (Wildman–Crippen LogP) is 2.93. The fourth-order valence-electron chi connectivity index (χ4n) is 2.32. The molecule has 1 heterocycles. The van der Waals surface area contributed by atoms with E-state index in [0.29, 0.717) is 16.6 Å². The lowest BCUT2D eigenvalue weighted by Crippen LogP contribution is -2.29. The van der Waals surface area contributed by atoms with Crippen LogP contribution in [0.25, 0.3) is 11.0 Å². The summed E-state index contributed by atoms with van der Waals surface area (Å²) in [5.41, 5.74) is 2.78. The molecule has 2 aromatic carbocycles. The number of nitrogens with one attached hydrogen (secondary N) is 1. The summed E-state index contributed by atoms with van der Waals surface area (Å²) in [5, 5.41) is 10.5. The van der Waals surface area contributed by atoms with E-state index >= 15 is 0 Å². The molecule has 0 aliphatic heterocycles. The molecule has 0 saturated heterocycles. The second-order valence-electron chi connectivity index (χ2n) is 5.17. The second kappa shape index (κ2) is 5.55. The molecule has 1 atom stereocenters. The molecule has 0 spiro atoms. The Balaban J connectivity index is 1.85. The number of benzene rings is 2. The molecule has 1 amide bonds. The molecular formula is C16H15FN4O. The molecule has 6 heteroatoms. The lowest BCUT2D eigenvalue weighted by Gasteiger charge is -2.25. The summed E-state index contributed by atoms with van der Waals surface area (Å²) in [6, 6.07) is 11.2. The molecule has 0 fully saturated rings. The first-order valence-electron chi connectivity index (χ1n) is 6.89. The third-order valence-corrected chi connectivity index (χ3v) is 3.82. The molecule has 3 aromatic rings.